The zero-order chi connectivity index (χ0) is 25.7. The Morgan fingerprint density at radius 3 is 2.37 bits per heavy atom. The van der Waals surface area contributed by atoms with E-state index >= 15 is 0 Å². The second-order valence-electron chi connectivity index (χ2n) is 8.67. The summed E-state index contributed by atoms with van der Waals surface area (Å²) in [6, 6.07) is 7.05. The largest absolute Gasteiger partial charge is 0.465 e. The highest BCUT2D eigenvalue weighted by Gasteiger charge is 2.15. The van der Waals surface area contributed by atoms with Crippen LogP contribution in [0.3, 0.4) is 0 Å². The van der Waals surface area contributed by atoms with Gasteiger partial charge in [0, 0.05) is 18.8 Å². The van der Waals surface area contributed by atoms with Gasteiger partial charge in [-0.2, -0.15) is 15.0 Å². The second-order valence-corrected chi connectivity index (χ2v) is 8.67. The van der Waals surface area contributed by atoms with Gasteiger partial charge >= 0.3 is 18.1 Å². The van der Waals surface area contributed by atoms with E-state index in [-0.39, 0.29) is 12.1 Å². The van der Waals surface area contributed by atoms with Crippen molar-refractivity contribution in [2.75, 3.05) is 37.4 Å². The number of hydrogen-bond donors (Lipinski definition) is 3. The van der Waals surface area contributed by atoms with Crippen molar-refractivity contribution in [2.24, 2.45) is 0 Å². The SMILES string of the molecule is CCOc1nc(NCCCCCCNC(=O)OC(C)(C)C)nc(Nc2cccc(C(=O)OC)c2)n1. The normalized spacial score (nSPS) is 10.9. The monoisotopic (exact) mass is 488 g/mol. The number of nitrogens with zero attached hydrogens (tertiary/aromatic N) is 3. The number of hydrogen-bond acceptors (Lipinski definition) is 10. The molecular formula is C24H36N6O5. The molecule has 0 fully saturated rings. The molecule has 1 aromatic carbocycles. The van der Waals surface area contributed by atoms with Gasteiger partial charge < -0.3 is 30.2 Å². The summed E-state index contributed by atoms with van der Waals surface area (Å²) >= 11 is 0. The van der Waals surface area contributed by atoms with Crippen LogP contribution in [0.4, 0.5) is 22.4 Å². The van der Waals surface area contributed by atoms with E-state index in [0.29, 0.717) is 42.8 Å². The van der Waals surface area contributed by atoms with Crippen molar-refractivity contribution in [2.45, 2.75) is 59.0 Å². The third-order valence-electron chi connectivity index (χ3n) is 4.48. The molecule has 1 aromatic heterocycles. The molecule has 0 aliphatic rings. The first-order chi connectivity index (χ1) is 16.7. The van der Waals surface area contributed by atoms with Gasteiger partial charge in [0.25, 0.3) is 0 Å². The maximum Gasteiger partial charge on any atom is 0.407 e. The number of benzene rings is 1. The fourth-order valence-electron chi connectivity index (χ4n) is 2.96. The van der Waals surface area contributed by atoms with Crippen LogP contribution < -0.4 is 20.7 Å². The highest BCUT2D eigenvalue weighted by Crippen LogP contribution is 2.18. The number of carbonyl (C=O) groups is 2. The Labute approximate surface area is 206 Å². The molecule has 0 radical (unpaired) electrons. The lowest BCUT2D eigenvalue weighted by Gasteiger charge is -2.19. The standard InChI is InChI=1S/C24H36N6O5/c1-6-34-22-29-20(25-14-9-7-8-10-15-26-23(32)35-24(2,3)4)28-21(30-22)27-18-13-11-12-17(16-18)19(31)33-5/h11-13,16H,6-10,14-15H2,1-5H3,(H,26,32)(H2,25,27,28,29,30). The number of esters is 1. The summed E-state index contributed by atoms with van der Waals surface area (Å²) in [5, 5.41) is 9.04. The van der Waals surface area contributed by atoms with E-state index in [2.05, 4.69) is 30.9 Å². The molecule has 0 aliphatic carbocycles. The van der Waals surface area contributed by atoms with Gasteiger partial charge in [0.05, 0.1) is 19.3 Å². The zero-order valence-corrected chi connectivity index (χ0v) is 21.1. The summed E-state index contributed by atoms with van der Waals surface area (Å²) in [7, 11) is 1.34. The molecule has 0 aliphatic heterocycles. The second kappa shape index (κ2) is 13.9. The Balaban J connectivity index is 1.81. The van der Waals surface area contributed by atoms with E-state index in [1.54, 1.807) is 24.3 Å². The van der Waals surface area contributed by atoms with Crippen LogP contribution in [0.25, 0.3) is 0 Å². The highest BCUT2D eigenvalue weighted by molar-refractivity contribution is 5.90. The molecule has 0 spiro atoms. The molecule has 11 heteroatoms. The number of alkyl carbamates (subject to hydrolysis) is 1. The van der Waals surface area contributed by atoms with E-state index in [1.807, 2.05) is 27.7 Å². The van der Waals surface area contributed by atoms with Gasteiger partial charge in [0.1, 0.15) is 5.60 Å². The number of ether oxygens (including phenoxy) is 3. The molecule has 0 unspecified atom stereocenters. The Morgan fingerprint density at radius 2 is 1.69 bits per heavy atom. The molecule has 35 heavy (non-hydrogen) atoms. The molecule has 0 saturated carbocycles. The van der Waals surface area contributed by atoms with Gasteiger partial charge in [0.15, 0.2) is 0 Å². The number of aromatic nitrogens is 3. The number of unbranched alkanes of at least 4 members (excludes halogenated alkanes) is 3. The minimum absolute atomic E-state index is 0.199. The van der Waals surface area contributed by atoms with Crippen LogP contribution in [0, 0.1) is 0 Å². The third-order valence-corrected chi connectivity index (χ3v) is 4.48. The minimum Gasteiger partial charge on any atom is -0.465 e. The number of amides is 1. The molecule has 3 N–H and O–H groups in total. The van der Waals surface area contributed by atoms with Crippen LogP contribution in [0.2, 0.25) is 0 Å². The average molecular weight is 489 g/mol. The molecule has 1 amide bonds. The highest BCUT2D eigenvalue weighted by atomic mass is 16.6. The first-order valence-corrected chi connectivity index (χ1v) is 11.7. The van der Waals surface area contributed by atoms with E-state index in [1.165, 1.54) is 7.11 Å². The van der Waals surface area contributed by atoms with Crippen molar-refractivity contribution in [1.82, 2.24) is 20.3 Å². The molecule has 192 valence electrons. The van der Waals surface area contributed by atoms with E-state index in [4.69, 9.17) is 14.2 Å². The zero-order valence-electron chi connectivity index (χ0n) is 21.1. The number of carbonyl (C=O) groups excluding carboxylic acids is 2. The third kappa shape index (κ3) is 10.9. The van der Waals surface area contributed by atoms with E-state index in [9.17, 15) is 9.59 Å². The van der Waals surface area contributed by atoms with Gasteiger partial charge in [-0.15, -0.1) is 0 Å². The van der Waals surface area contributed by atoms with Crippen molar-refractivity contribution >= 4 is 29.6 Å². The summed E-state index contributed by atoms with van der Waals surface area (Å²) in [5.74, 6) is 0.255. The number of methoxy groups -OCH3 is 1. The summed E-state index contributed by atoms with van der Waals surface area (Å²) in [4.78, 5) is 36.4. The van der Waals surface area contributed by atoms with Gasteiger partial charge in [-0.25, -0.2) is 9.59 Å². The minimum atomic E-state index is -0.491. The summed E-state index contributed by atoms with van der Waals surface area (Å²) in [6.07, 6.45) is 3.35. The van der Waals surface area contributed by atoms with Gasteiger partial charge in [-0.1, -0.05) is 18.9 Å². The number of nitrogens with one attached hydrogen (secondary N) is 3. The molecule has 2 rings (SSSR count). The summed E-state index contributed by atoms with van der Waals surface area (Å²) < 4.78 is 15.4. The summed E-state index contributed by atoms with van der Waals surface area (Å²) in [6.45, 7) is 9.03. The van der Waals surface area contributed by atoms with E-state index in [0.717, 1.165) is 25.7 Å². The van der Waals surface area contributed by atoms with Crippen LogP contribution in [0.15, 0.2) is 24.3 Å². The van der Waals surface area contributed by atoms with Gasteiger partial charge in [-0.05, 0) is 58.7 Å². The van der Waals surface area contributed by atoms with E-state index < -0.39 is 11.6 Å². The Morgan fingerprint density at radius 1 is 0.971 bits per heavy atom. The Kier molecular flexibility index (Phi) is 11.0. The fraction of sp³-hybridized carbons (Fsp3) is 0.542. The topological polar surface area (TPSA) is 137 Å². The van der Waals surface area contributed by atoms with Crippen LogP contribution in [0.1, 0.15) is 63.7 Å². The quantitative estimate of drug-likeness (QED) is 0.276. The van der Waals surface area contributed by atoms with Crippen LogP contribution >= 0.6 is 0 Å². The van der Waals surface area contributed by atoms with Crippen molar-refractivity contribution in [1.29, 1.82) is 0 Å². The molecule has 1 heterocycles. The van der Waals surface area contributed by atoms with Crippen LogP contribution in [0.5, 0.6) is 6.01 Å². The van der Waals surface area contributed by atoms with Crippen LogP contribution in [-0.2, 0) is 9.47 Å². The molecule has 11 nitrogen and oxygen atoms in total. The molecule has 0 atom stereocenters. The molecule has 0 saturated heterocycles. The number of anilines is 3. The predicted molar refractivity (Wildman–Crippen MR) is 133 cm³/mol. The van der Waals surface area contributed by atoms with Crippen LogP contribution in [-0.4, -0.2) is 59.4 Å². The number of rotatable bonds is 13. The lowest BCUT2D eigenvalue weighted by atomic mass is 10.2. The molecular weight excluding hydrogens is 452 g/mol. The smallest absolute Gasteiger partial charge is 0.407 e. The van der Waals surface area contributed by atoms with Gasteiger partial charge in [-0.3, -0.25) is 0 Å². The first kappa shape index (κ1) is 27.6. The van der Waals surface area contributed by atoms with Gasteiger partial charge in [0.2, 0.25) is 11.9 Å². The van der Waals surface area contributed by atoms with Crippen molar-refractivity contribution in [3.05, 3.63) is 29.8 Å². The maximum atomic E-state index is 11.8. The van der Waals surface area contributed by atoms with Crippen molar-refractivity contribution in [3.8, 4) is 6.01 Å². The lowest BCUT2D eigenvalue weighted by Crippen LogP contribution is -2.32. The van der Waals surface area contributed by atoms with Crippen molar-refractivity contribution in [3.63, 3.8) is 0 Å². The predicted octanol–water partition coefficient (Wildman–Crippen LogP) is 4.30. The first-order valence-electron chi connectivity index (χ1n) is 11.7. The average Bonchev–Trinajstić information content (AvgIpc) is 2.79. The summed E-state index contributed by atoms with van der Waals surface area (Å²) in [5.41, 5.74) is 0.554. The Hall–Kier alpha value is -3.63. The lowest BCUT2D eigenvalue weighted by molar-refractivity contribution is 0.0525. The Bertz CT molecular complexity index is 964. The maximum absolute atomic E-state index is 11.8. The molecule has 0 bridgehead atoms. The fourth-order valence-corrected chi connectivity index (χ4v) is 2.96. The molecule has 2 aromatic rings. The van der Waals surface area contributed by atoms with Crippen molar-refractivity contribution < 1.29 is 23.8 Å².